The van der Waals surface area contributed by atoms with Crippen LogP contribution in [0.5, 0.6) is 0 Å². The van der Waals surface area contributed by atoms with Crippen molar-refractivity contribution in [3.63, 3.8) is 0 Å². The molecule has 0 saturated carbocycles. The fraction of sp³-hybridized carbons (Fsp3) is 0.0800. The zero-order chi connectivity index (χ0) is 24.4. The third kappa shape index (κ3) is 5.13. The first kappa shape index (κ1) is 23.5. The summed E-state index contributed by atoms with van der Waals surface area (Å²) in [6.45, 7) is 3.78. The van der Waals surface area contributed by atoms with Crippen molar-refractivity contribution >= 4 is 67.5 Å². The predicted octanol–water partition coefficient (Wildman–Crippen LogP) is 5.64. The number of carbonyl (C=O) groups excluding carboxylic acids is 3. The number of nitrogens with one attached hydrogen (secondary N) is 3. The second-order valence-electron chi connectivity index (χ2n) is 7.75. The van der Waals surface area contributed by atoms with Gasteiger partial charge in [0.15, 0.2) is 0 Å². The van der Waals surface area contributed by atoms with Crippen molar-refractivity contribution in [2.75, 3.05) is 16.1 Å². The maximum Gasteiger partial charge on any atom is 0.328 e. The largest absolute Gasteiger partial charge is 0.328 e. The Hall–Kier alpha value is -3.62. The SMILES string of the molecule is Cc1ccc(NC(=O)c2cc3cc(Br)ccc3n2NC(=O)C(=O)Nc2ccc(C)c(Cl)c2)cc1. The van der Waals surface area contributed by atoms with E-state index in [9.17, 15) is 14.4 Å². The topological polar surface area (TPSA) is 92.2 Å². The van der Waals surface area contributed by atoms with E-state index in [1.54, 1.807) is 48.5 Å². The molecular formula is C25H20BrClN4O3. The molecule has 4 aromatic rings. The standard InChI is InChI=1S/C25H20BrClN4O3/c1-14-3-7-18(8-4-14)28-23(32)22-12-16-11-17(26)6-10-21(16)31(22)30-25(34)24(33)29-19-9-5-15(2)20(27)13-19/h3-13H,1-2H3,(H,28,32)(H,29,33)(H,30,34). The van der Waals surface area contributed by atoms with Crippen molar-refractivity contribution in [3.05, 3.63) is 93.0 Å². The van der Waals surface area contributed by atoms with Gasteiger partial charge < -0.3 is 10.6 Å². The van der Waals surface area contributed by atoms with Crippen LogP contribution in [0.4, 0.5) is 11.4 Å². The van der Waals surface area contributed by atoms with Crippen LogP contribution >= 0.6 is 27.5 Å². The molecule has 0 aliphatic rings. The van der Waals surface area contributed by atoms with Crippen LogP contribution < -0.4 is 16.1 Å². The summed E-state index contributed by atoms with van der Waals surface area (Å²) >= 11 is 9.51. The van der Waals surface area contributed by atoms with Crippen LogP contribution in [0.25, 0.3) is 10.9 Å². The number of nitrogens with zero attached hydrogens (tertiary/aromatic N) is 1. The van der Waals surface area contributed by atoms with E-state index in [1.165, 1.54) is 4.68 Å². The van der Waals surface area contributed by atoms with Gasteiger partial charge in [-0.2, -0.15) is 0 Å². The van der Waals surface area contributed by atoms with E-state index in [1.807, 2.05) is 32.0 Å². The van der Waals surface area contributed by atoms with Crippen molar-refractivity contribution in [1.82, 2.24) is 4.68 Å². The Labute approximate surface area is 209 Å². The molecule has 0 atom stereocenters. The van der Waals surface area contributed by atoms with E-state index in [-0.39, 0.29) is 5.69 Å². The van der Waals surface area contributed by atoms with Crippen molar-refractivity contribution in [2.45, 2.75) is 13.8 Å². The van der Waals surface area contributed by atoms with E-state index < -0.39 is 17.7 Å². The maximum absolute atomic E-state index is 13.1. The van der Waals surface area contributed by atoms with Gasteiger partial charge in [0.05, 0.1) is 5.52 Å². The summed E-state index contributed by atoms with van der Waals surface area (Å²) in [6.07, 6.45) is 0. The second kappa shape index (κ2) is 9.70. The molecule has 3 aromatic carbocycles. The van der Waals surface area contributed by atoms with E-state index >= 15 is 0 Å². The molecule has 172 valence electrons. The zero-order valence-corrected chi connectivity index (χ0v) is 20.6. The minimum absolute atomic E-state index is 0.160. The number of anilines is 2. The van der Waals surface area contributed by atoms with Crippen LogP contribution in [-0.2, 0) is 9.59 Å². The van der Waals surface area contributed by atoms with Gasteiger partial charge in [0.25, 0.3) is 5.91 Å². The first-order valence-corrected chi connectivity index (χ1v) is 11.5. The molecular weight excluding hydrogens is 520 g/mol. The molecule has 3 amide bonds. The number of rotatable bonds is 4. The first-order chi connectivity index (χ1) is 16.2. The van der Waals surface area contributed by atoms with Gasteiger partial charge in [0, 0.05) is 26.3 Å². The summed E-state index contributed by atoms with van der Waals surface area (Å²) in [5.74, 6) is -2.28. The summed E-state index contributed by atoms with van der Waals surface area (Å²) in [5, 5.41) is 6.50. The molecule has 0 fully saturated rings. The minimum Gasteiger partial charge on any atom is -0.321 e. The van der Waals surface area contributed by atoms with Gasteiger partial charge in [-0.3, -0.25) is 19.8 Å². The Morgan fingerprint density at radius 2 is 1.53 bits per heavy atom. The van der Waals surface area contributed by atoms with Crippen LogP contribution in [0.2, 0.25) is 5.02 Å². The third-order valence-electron chi connectivity index (χ3n) is 5.15. The number of aryl methyl sites for hydroxylation is 2. The number of benzene rings is 3. The molecule has 4 rings (SSSR count). The highest BCUT2D eigenvalue weighted by Crippen LogP contribution is 2.24. The number of carbonyl (C=O) groups is 3. The highest BCUT2D eigenvalue weighted by Gasteiger charge is 2.21. The van der Waals surface area contributed by atoms with Crippen molar-refractivity contribution in [2.24, 2.45) is 0 Å². The molecule has 3 N–H and O–H groups in total. The molecule has 34 heavy (non-hydrogen) atoms. The van der Waals surface area contributed by atoms with E-state index in [0.29, 0.717) is 27.3 Å². The van der Waals surface area contributed by atoms with Gasteiger partial charge in [0.2, 0.25) is 0 Å². The molecule has 0 radical (unpaired) electrons. The molecule has 0 aliphatic heterocycles. The van der Waals surface area contributed by atoms with Crippen LogP contribution in [0.1, 0.15) is 21.6 Å². The Kier molecular flexibility index (Phi) is 6.72. The van der Waals surface area contributed by atoms with Gasteiger partial charge in [-0.05, 0) is 67.9 Å². The molecule has 9 heteroatoms. The minimum atomic E-state index is -0.943. The Balaban J connectivity index is 1.61. The van der Waals surface area contributed by atoms with Crippen molar-refractivity contribution < 1.29 is 14.4 Å². The molecule has 0 aliphatic carbocycles. The van der Waals surface area contributed by atoms with Crippen molar-refractivity contribution in [3.8, 4) is 0 Å². The lowest BCUT2D eigenvalue weighted by atomic mass is 10.2. The van der Waals surface area contributed by atoms with Crippen LogP contribution in [0.3, 0.4) is 0 Å². The summed E-state index contributed by atoms with van der Waals surface area (Å²) in [5.41, 5.74) is 6.14. The summed E-state index contributed by atoms with van der Waals surface area (Å²) < 4.78 is 2.11. The zero-order valence-electron chi connectivity index (χ0n) is 18.3. The highest BCUT2D eigenvalue weighted by molar-refractivity contribution is 9.10. The monoisotopic (exact) mass is 538 g/mol. The third-order valence-corrected chi connectivity index (χ3v) is 6.06. The van der Waals surface area contributed by atoms with E-state index in [0.717, 1.165) is 15.6 Å². The Bertz CT molecular complexity index is 1430. The lowest BCUT2D eigenvalue weighted by molar-refractivity contribution is -0.133. The summed E-state index contributed by atoms with van der Waals surface area (Å²) in [7, 11) is 0. The number of fused-ring (bicyclic) bond motifs is 1. The smallest absolute Gasteiger partial charge is 0.321 e. The number of hydrogen-bond donors (Lipinski definition) is 3. The van der Waals surface area contributed by atoms with Gasteiger partial charge in [-0.15, -0.1) is 0 Å². The fourth-order valence-electron chi connectivity index (χ4n) is 3.32. The van der Waals surface area contributed by atoms with Gasteiger partial charge >= 0.3 is 11.8 Å². The number of aromatic nitrogens is 1. The van der Waals surface area contributed by atoms with Crippen LogP contribution in [0.15, 0.2) is 71.2 Å². The maximum atomic E-state index is 13.1. The number of amides is 3. The van der Waals surface area contributed by atoms with E-state index in [2.05, 4.69) is 32.0 Å². The van der Waals surface area contributed by atoms with E-state index in [4.69, 9.17) is 11.6 Å². The first-order valence-electron chi connectivity index (χ1n) is 10.3. The Morgan fingerprint density at radius 3 is 2.24 bits per heavy atom. The highest BCUT2D eigenvalue weighted by atomic mass is 79.9. The predicted molar refractivity (Wildman–Crippen MR) is 138 cm³/mol. The lowest BCUT2D eigenvalue weighted by Gasteiger charge is -2.13. The van der Waals surface area contributed by atoms with Gasteiger partial charge in [-0.25, -0.2) is 4.68 Å². The normalized spacial score (nSPS) is 10.7. The summed E-state index contributed by atoms with van der Waals surface area (Å²) in [6, 6.07) is 19.3. The second-order valence-corrected chi connectivity index (χ2v) is 9.07. The molecule has 7 nitrogen and oxygen atoms in total. The van der Waals surface area contributed by atoms with Gasteiger partial charge in [-0.1, -0.05) is 51.3 Å². The molecule has 0 saturated heterocycles. The average molecular weight is 540 g/mol. The van der Waals surface area contributed by atoms with Crippen molar-refractivity contribution in [1.29, 1.82) is 0 Å². The average Bonchev–Trinajstić information content (AvgIpc) is 3.15. The lowest BCUT2D eigenvalue weighted by Crippen LogP contribution is -2.36. The van der Waals surface area contributed by atoms with Crippen LogP contribution in [0, 0.1) is 13.8 Å². The molecule has 1 aromatic heterocycles. The fourth-order valence-corrected chi connectivity index (χ4v) is 3.88. The molecule has 0 spiro atoms. The molecule has 1 heterocycles. The van der Waals surface area contributed by atoms with Gasteiger partial charge in [0.1, 0.15) is 5.69 Å². The summed E-state index contributed by atoms with van der Waals surface area (Å²) in [4.78, 5) is 38.3. The molecule has 0 unspecified atom stereocenters. The molecule has 0 bridgehead atoms. The number of hydrogen-bond acceptors (Lipinski definition) is 3. The quantitative estimate of drug-likeness (QED) is 0.293. The van der Waals surface area contributed by atoms with Crippen LogP contribution in [-0.4, -0.2) is 22.4 Å². The Morgan fingerprint density at radius 1 is 0.824 bits per heavy atom. The number of halogens is 2.